The predicted molar refractivity (Wildman–Crippen MR) is 71.0 cm³/mol. The monoisotopic (exact) mass is 264 g/mol. The second kappa shape index (κ2) is 5.18. The standard InChI is InChI=1S/C13H13FN2OS/c1-8-5-6-18-12(8)11(13(15)17)16-10-4-2-3-9(14)7-10/h2-7,11,16H,1H3,(H2,15,17). The van der Waals surface area contributed by atoms with Crippen LogP contribution in [-0.2, 0) is 4.79 Å². The number of carbonyl (C=O) groups is 1. The molecule has 3 nitrogen and oxygen atoms in total. The van der Waals surface area contributed by atoms with Crippen LogP contribution in [0, 0.1) is 12.7 Å². The summed E-state index contributed by atoms with van der Waals surface area (Å²) in [6, 6.07) is 7.24. The summed E-state index contributed by atoms with van der Waals surface area (Å²) in [4.78, 5) is 12.4. The van der Waals surface area contributed by atoms with Crippen LogP contribution in [-0.4, -0.2) is 5.91 Å². The zero-order valence-corrected chi connectivity index (χ0v) is 10.6. The predicted octanol–water partition coefficient (Wildman–Crippen LogP) is 2.83. The fourth-order valence-corrected chi connectivity index (χ4v) is 2.67. The third-order valence-corrected chi connectivity index (χ3v) is 3.67. The van der Waals surface area contributed by atoms with Crippen LogP contribution < -0.4 is 11.1 Å². The largest absolute Gasteiger partial charge is 0.369 e. The van der Waals surface area contributed by atoms with E-state index in [0.29, 0.717) is 5.69 Å². The van der Waals surface area contributed by atoms with Crippen LogP contribution in [0.1, 0.15) is 16.5 Å². The van der Waals surface area contributed by atoms with Crippen molar-refractivity contribution in [2.24, 2.45) is 5.73 Å². The van der Waals surface area contributed by atoms with Gasteiger partial charge in [-0.2, -0.15) is 0 Å². The van der Waals surface area contributed by atoms with Crippen molar-refractivity contribution in [1.29, 1.82) is 0 Å². The number of hydrogen-bond donors (Lipinski definition) is 2. The van der Waals surface area contributed by atoms with Gasteiger partial charge in [0.2, 0.25) is 5.91 Å². The molecule has 0 radical (unpaired) electrons. The number of halogens is 1. The van der Waals surface area contributed by atoms with Crippen molar-refractivity contribution < 1.29 is 9.18 Å². The summed E-state index contributed by atoms with van der Waals surface area (Å²) < 4.78 is 13.1. The molecule has 1 atom stereocenters. The van der Waals surface area contributed by atoms with Crippen LogP contribution in [0.2, 0.25) is 0 Å². The Labute approximate surface area is 108 Å². The molecule has 1 unspecified atom stereocenters. The number of amides is 1. The van der Waals surface area contributed by atoms with E-state index >= 15 is 0 Å². The van der Waals surface area contributed by atoms with E-state index in [9.17, 15) is 9.18 Å². The van der Waals surface area contributed by atoms with Crippen LogP contribution in [0.3, 0.4) is 0 Å². The normalized spacial score (nSPS) is 12.1. The molecule has 2 aromatic rings. The van der Waals surface area contributed by atoms with Crippen LogP contribution in [0.4, 0.5) is 10.1 Å². The number of carbonyl (C=O) groups excluding carboxylic acids is 1. The Morgan fingerprint density at radius 3 is 2.78 bits per heavy atom. The van der Waals surface area contributed by atoms with Crippen molar-refractivity contribution in [2.75, 3.05) is 5.32 Å². The minimum atomic E-state index is -0.633. The molecule has 0 bridgehead atoms. The lowest BCUT2D eigenvalue weighted by Gasteiger charge is -2.16. The van der Waals surface area contributed by atoms with Gasteiger partial charge >= 0.3 is 0 Å². The fourth-order valence-electron chi connectivity index (χ4n) is 1.69. The lowest BCUT2D eigenvalue weighted by molar-refractivity contribution is -0.118. The minimum Gasteiger partial charge on any atom is -0.369 e. The van der Waals surface area contributed by atoms with E-state index < -0.39 is 11.9 Å². The van der Waals surface area contributed by atoms with Gasteiger partial charge in [-0.1, -0.05) is 6.07 Å². The first-order valence-electron chi connectivity index (χ1n) is 5.43. The molecule has 5 heteroatoms. The fraction of sp³-hybridized carbons (Fsp3) is 0.154. The summed E-state index contributed by atoms with van der Waals surface area (Å²) in [5, 5.41) is 4.86. The highest BCUT2D eigenvalue weighted by atomic mass is 32.1. The van der Waals surface area contributed by atoms with Crippen molar-refractivity contribution in [2.45, 2.75) is 13.0 Å². The molecule has 0 saturated carbocycles. The van der Waals surface area contributed by atoms with E-state index in [1.807, 2.05) is 18.4 Å². The highest BCUT2D eigenvalue weighted by Gasteiger charge is 2.20. The molecule has 0 saturated heterocycles. The molecule has 0 aliphatic heterocycles. The van der Waals surface area contributed by atoms with Gasteiger partial charge in [0.25, 0.3) is 0 Å². The number of benzene rings is 1. The van der Waals surface area contributed by atoms with Crippen molar-refractivity contribution in [3.63, 3.8) is 0 Å². The Kier molecular flexibility index (Phi) is 3.62. The lowest BCUT2D eigenvalue weighted by Crippen LogP contribution is -2.27. The van der Waals surface area contributed by atoms with Gasteiger partial charge in [-0.15, -0.1) is 11.3 Å². The van der Waals surface area contributed by atoms with Crippen molar-refractivity contribution >= 4 is 22.9 Å². The molecule has 1 amide bonds. The average molecular weight is 264 g/mol. The molecular formula is C13H13FN2OS. The maximum Gasteiger partial charge on any atom is 0.245 e. The lowest BCUT2D eigenvalue weighted by atomic mass is 10.1. The topological polar surface area (TPSA) is 55.1 Å². The van der Waals surface area contributed by atoms with E-state index in [2.05, 4.69) is 5.32 Å². The Morgan fingerprint density at radius 2 is 2.22 bits per heavy atom. The quantitative estimate of drug-likeness (QED) is 0.892. The zero-order chi connectivity index (χ0) is 13.1. The smallest absolute Gasteiger partial charge is 0.245 e. The number of hydrogen-bond acceptors (Lipinski definition) is 3. The average Bonchev–Trinajstić information content (AvgIpc) is 2.72. The van der Waals surface area contributed by atoms with E-state index in [0.717, 1.165) is 10.4 Å². The number of nitrogens with two attached hydrogens (primary N) is 1. The molecule has 2 rings (SSSR count). The molecule has 0 aliphatic rings. The third-order valence-electron chi connectivity index (χ3n) is 2.58. The Bertz CT molecular complexity index is 568. The van der Waals surface area contributed by atoms with E-state index in [-0.39, 0.29) is 5.82 Å². The molecule has 18 heavy (non-hydrogen) atoms. The highest BCUT2D eigenvalue weighted by Crippen LogP contribution is 2.27. The Hall–Kier alpha value is -1.88. The van der Waals surface area contributed by atoms with Crippen LogP contribution >= 0.6 is 11.3 Å². The van der Waals surface area contributed by atoms with Crippen LogP contribution in [0.15, 0.2) is 35.7 Å². The molecule has 0 fully saturated rings. The number of primary amides is 1. The van der Waals surface area contributed by atoms with Crippen molar-refractivity contribution in [3.05, 3.63) is 52.0 Å². The molecule has 1 heterocycles. The van der Waals surface area contributed by atoms with Gasteiger partial charge < -0.3 is 11.1 Å². The van der Waals surface area contributed by atoms with Gasteiger partial charge in [0, 0.05) is 10.6 Å². The summed E-state index contributed by atoms with van der Waals surface area (Å²) in [5.74, 6) is -0.837. The van der Waals surface area contributed by atoms with Crippen molar-refractivity contribution in [1.82, 2.24) is 0 Å². The van der Waals surface area contributed by atoms with E-state index in [4.69, 9.17) is 5.73 Å². The molecular weight excluding hydrogens is 251 g/mol. The minimum absolute atomic E-state index is 0.355. The van der Waals surface area contributed by atoms with Crippen LogP contribution in [0.5, 0.6) is 0 Å². The number of aryl methyl sites for hydroxylation is 1. The molecule has 0 spiro atoms. The second-order valence-electron chi connectivity index (χ2n) is 3.96. The summed E-state index contributed by atoms with van der Waals surface area (Å²) in [6.45, 7) is 1.91. The molecule has 1 aromatic heterocycles. The molecule has 0 aliphatic carbocycles. The van der Waals surface area contributed by atoms with Crippen molar-refractivity contribution in [3.8, 4) is 0 Å². The maximum absolute atomic E-state index is 13.1. The van der Waals surface area contributed by atoms with Gasteiger partial charge in [0.15, 0.2) is 0 Å². The van der Waals surface area contributed by atoms with Gasteiger partial charge in [-0.25, -0.2) is 4.39 Å². The Balaban J connectivity index is 2.28. The first-order valence-corrected chi connectivity index (χ1v) is 6.31. The Morgan fingerprint density at radius 1 is 1.44 bits per heavy atom. The summed E-state index contributed by atoms with van der Waals surface area (Å²) >= 11 is 1.45. The first-order chi connectivity index (χ1) is 8.58. The van der Waals surface area contributed by atoms with Crippen LogP contribution in [0.25, 0.3) is 0 Å². The zero-order valence-electron chi connectivity index (χ0n) is 9.81. The molecule has 94 valence electrons. The SMILES string of the molecule is Cc1ccsc1C(Nc1cccc(F)c1)C(N)=O. The van der Waals surface area contributed by atoms with Gasteiger partial charge in [-0.3, -0.25) is 4.79 Å². The third kappa shape index (κ3) is 2.68. The molecule has 3 N–H and O–H groups in total. The number of anilines is 1. The second-order valence-corrected chi connectivity index (χ2v) is 4.91. The van der Waals surface area contributed by atoms with E-state index in [1.165, 1.54) is 23.5 Å². The summed E-state index contributed by atoms with van der Waals surface area (Å²) in [7, 11) is 0. The number of thiophene rings is 1. The number of rotatable bonds is 4. The highest BCUT2D eigenvalue weighted by molar-refractivity contribution is 7.10. The summed E-state index contributed by atoms with van der Waals surface area (Å²) in [5.41, 5.74) is 6.92. The summed E-state index contributed by atoms with van der Waals surface area (Å²) in [6.07, 6.45) is 0. The first kappa shape index (κ1) is 12.6. The maximum atomic E-state index is 13.1. The van der Waals surface area contributed by atoms with Gasteiger partial charge in [0.05, 0.1) is 0 Å². The molecule has 1 aromatic carbocycles. The van der Waals surface area contributed by atoms with Gasteiger partial charge in [-0.05, 0) is 42.1 Å². The number of nitrogens with one attached hydrogen (secondary N) is 1. The van der Waals surface area contributed by atoms with E-state index in [1.54, 1.807) is 12.1 Å². The van der Waals surface area contributed by atoms with Gasteiger partial charge in [0.1, 0.15) is 11.9 Å².